The summed E-state index contributed by atoms with van der Waals surface area (Å²) in [6.45, 7) is 0. The van der Waals surface area contributed by atoms with Crippen LogP contribution in [-0.2, 0) is 9.84 Å². The van der Waals surface area contributed by atoms with Crippen LogP contribution < -0.4 is 5.73 Å². The zero-order chi connectivity index (χ0) is 9.47. The van der Waals surface area contributed by atoms with Crippen molar-refractivity contribution in [2.24, 2.45) is 0 Å². The van der Waals surface area contributed by atoms with Gasteiger partial charge in [-0.3, -0.25) is 0 Å². The highest BCUT2D eigenvalue weighted by Gasteiger charge is 2.29. The molecule has 1 aliphatic rings. The third-order valence-electron chi connectivity index (χ3n) is 2.29. The SMILES string of the molecule is Nc1ncc(C2CCS(=O)(=O)C2)[nH]1. The van der Waals surface area contributed by atoms with E-state index in [0.29, 0.717) is 12.4 Å². The number of nitrogens with two attached hydrogens (primary N) is 1. The van der Waals surface area contributed by atoms with E-state index in [-0.39, 0.29) is 17.4 Å². The summed E-state index contributed by atoms with van der Waals surface area (Å²) < 4.78 is 22.3. The summed E-state index contributed by atoms with van der Waals surface area (Å²) in [6.07, 6.45) is 2.28. The monoisotopic (exact) mass is 201 g/mol. The summed E-state index contributed by atoms with van der Waals surface area (Å²) in [6, 6.07) is 0. The average Bonchev–Trinajstić information content (AvgIpc) is 2.56. The van der Waals surface area contributed by atoms with Crippen molar-refractivity contribution < 1.29 is 8.42 Å². The van der Waals surface area contributed by atoms with Gasteiger partial charge in [-0.15, -0.1) is 0 Å². The second kappa shape index (κ2) is 2.73. The molecule has 0 amide bonds. The topological polar surface area (TPSA) is 88.8 Å². The fourth-order valence-electron chi connectivity index (χ4n) is 1.60. The molecule has 0 spiro atoms. The molecule has 3 N–H and O–H groups in total. The highest BCUT2D eigenvalue weighted by Crippen LogP contribution is 2.27. The fraction of sp³-hybridized carbons (Fsp3) is 0.571. The molecule has 1 unspecified atom stereocenters. The summed E-state index contributed by atoms with van der Waals surface area (Å²) in [5, 5.41) is 0. The molecule has 0 aliphatic carbocycles. The number of anilines is 1. The van der Waals surface area contributed by atoms with Crippen molar-refractivity contribution in [3.63, 3.8) is 0 Å². The van der Waals surface area contributed by atoms with Gasteiger partial charge < -0.3 is 10.7 Å². The number of aromatic amines is 1. The number of hydrogen-bond donors (Lipinski definition) is 2. The minimum Gasteiger partial charge on any atom is -0.369 e. The molecule has 1 aromatic rings. The van der Waals surface area contributed by atoms with E-state index in [0.717, 1.165) is 5.69 Å². The quantitative estimate of drug-likeness (QED) is 0.663. The predicted octanol–water partition coefficient (Wildman–Crippen LogP) is -0.106. The Kier molecular flexibility index (Phi) is 1.80. The van der Waals surface area contributed by atoms with Crippen molar-refractivity contribution in [3.05, 3.63) is 11.9 Å². The van der Waals surface area contributed by atoms with Crippen LogP contribution in [0.25, 0.3) is 0 Å². The van der Waals surface area contributed by atoms with E-state index in [4.69, 9.17) is 5.73 Å². The second-order valence-corrected chi connectivity index (χ2v) is 5.55. The lowest BCUT2D eigenvalue weighted by atomic mass is 10.1. The summed E-state index contributed by atoms with van der Waals surface area (Å²) >= 11 is 0. The van der Waals surface area contributed by atoms with E-state index in [1.54, 1.807) is 6.20 Å². The van der Waals surface area contributed by atoms with Crippen molar-refractivity contribution >= 4 is 15.8 Å². The van der Waals surface area contributed by atoms with E-state index in [9.17, 15) is 8.42 Å². The molecule has 0 aromatic carbocycles. The van der Waals surface area contributed by atoms with Gasteiger partial charge in [0.25, 0.3) is 0 Å². The zero-order valence-corrected chi connectivity index (χ0v) is 7.84. The Morgan fingerprint density at radius 2 is 2.38 bits per heavy atom. The molecule has 13 heavy (non-hydrogen) atoms. The number of H-pyrrole nitrogens is 1. The van der Waals surface area contributed by atoms with Gasteiger partial charge in [-0.05, 0) is 6.42 Å². The number of hydrogen-bond acceptors (Lipinski definition) is 4. The van der Waals surface area contributed by atoms with Gasteiger partial charge in [0.2, 0.25) is 0 Å². The van der Waals surface area contributed by atoms with Gasteiger partial charge in [-0.2, -0.15) is 0 Å². The van der Waals surface area contributed by atoms with Gasteiger partial charge in [-0.25, -0.2) is 13.4 Å². The molecule has 1 fully saturated rings. The molecule has 1 aromatic heterocycles. The Bertz CT molecular complexity index is 409. The number of imidazole rings is 1. The minimum atomic E-state index is -2.82. The van der Waals surface area contributed by atoms with Gasteiger partial charge >= 0.3 is 0 Å². The van der Waals surface area contributed by atoms with Crippen LogP contribution in [0.2, 0.25) is 0 Å². The molecule has 72 valence electrons. The molecule has 2 heterocycles. The molecule has 6 heteroatoms. The Labute approximate surface area is 76.3 Å². The van der Waals surface area contributed by atoms with Gasteiger partial charge in [0.1, 0.15) is 0 Å². The third kappa shape index (κ3) is 1.67. The van der Waals surface area contributed by atoms with Gasteiger partial charge in [0, 0.05) is 11.6 Å². The van der Waals surface area contributed by atoms with Crippen molar-refractivity contribution in [3.8, 4) is 0 Å². The maximum Gasteiger partial charge on any atom is 0.197 e. The highest BCUT2D eigenvalue weighted by molar-refractivity contribution is 7.91. The van der Waals surface area contributed by atoms with E-state index in [2.05, 4.69) is 9.97 Å². The van der Waals surface area contributed by atoms with E-state index in [1.807, 2.05) is 0 Å². The van der Waals surface area contributed by atoms with E-state index in [1.165, 1.54) is 0 Å². The van der Waals surface area contributed by atoms with Crippen LogP contribution in [-0.4, -0.2) is 29.9 Å². The van der Waals surface area contributed by atoms with Crippen LogP contribution in [0.4, 0.5) is 5.95 Å². The average molecular weight is 201 g/mol. The maximum absolute atomic E-state index is 11.2. The molecule has 1 aliphatic heterocycles. The Morgan fingerprint density at radius 3 is 2.85 bits per heavy atom. The van der Waals surface area contributed by atoms with Crippen LogP contribution in [0.1, 0.15) is 18.0 Å². The summed E-state index contributed by atoms with van der Waals surface area (Å²) in [5.74, 6) is 0.889. The number of rotatable bonds is 1. The second-order valence-electron chi connectivity index (χ2n) is 3.32. The van der Waals surface area contributed by atoms with Crippen molar-refractivity contribution in [1.29, 1.82) is 0 Å². The highest BCUT2D eigenvalue weighted by atomic mass is 32.2. The first-order chi connectivity index (χ1) is 6.07. The molecular formula is C7H11N3O2S. The van der Waals surface area contributed by atoms with Crippen LogP contribution in [0.5, 0.6) is 0 Å². The van der Waals surface area contributed by atoms with E-state index < -0.39 is 9.84 Å². The molecule has 0 saturated carbocycles. The number of sulfone groups is 1. The molecule has 0 radical (unpaired) electrons. The van der Waals surface area contributed by atoms with Crippen molar-refractivity contribution in [1.82, 2.24) is 9.97 Å². The van der Waals surface area contributed by atoms with Crippen molar-refractivity contribution in [2.45, 2.75) is 12.3 Å². The van der Waals surface area contributed by atoms with Crippen molar-refractivity contribution in [2.75, 3.05) is 17.2 Å². The third-order valence-corrected chi connectivity index (χ3v) is 4.06. The maximum atomic E-state index is 11.2. The van der Waals surface area contributed by atoms with Crippen LogP contribution in [0, 0.1) is 0 Å². The Morgan fingerprint density at radius 1 is 1.62 bits per heavy atom. The van der Waals surface area contributed by atoms with Gasteiger partial charge in [-0.1, -0.05) is 0 Å². The first-order valence-electron chi connectivity index (χ1n) is 4.08. The first kappa shape index (κ1) is 8.55. The molecule has 2 rings (SSSR count). The summed E-state index contributed by atoms with van der Waals surface area (Å²) in [7, 11) is -2.82. The van der Waals surface area contributed by atoms with Crippen LogP contribution >= 0.6 is 0 Å². The number of aromatic nitrogens is 2. The smallest absolute Gasteiger partial charge is 0.197 e. The van der Waals surface area contributed by atoms with Crippen LogP contribution in [0.3, 0.4) is 0 Å². The van der Waals surface area contributed by atoms with Crippen LogP contribution in [0.15, 0.2) is 6.20 Å². The lowest BCUT2D eigenvalue weighted by Gasteiger charge is -2.01. The predicted molar refractivity (Wildman–Crippen MR) is 49.0 cm³/mol. The number of nitrogens with zero attached hydrogens (tertiary/aromatic N) is 1. The summed E-state index contributed by atoms with van der Waals surface area (Å²) in [5.41, 5.74) is 6.23. The molecule has 5 nitrogen and oxygen atoms in total. The van der Waals surface area contributed by atoms with Gasteiger partial charge in [0.15, 0.2) is 15.8 Å². The first-order valence-corrected chi connectivity index (χ1v) is 5.90. The lowest BCUT2D eigenvalue weighted by Crippen LogP contribution is -2.04. The molecule has 1 atom stereocenters. The van der Waals surface area contributed by atoms with E-state index >= 15 is 0 Å². The normalized spacial score (nSPS) is 26.3. The Balaban J connectivity index is 2.21. The standard InChI is InChI=1S/C7H11N3O2S/c8-7-9-3-6(10-7)5-1-2-13(11,12)4-5/h3,5H,1-2,4H2,(H3,8,9,10). The number of nitrogen functional groups attached to an aromatic ring is 1. The van der Waals surface area contributed by atoms with Gasteiger partial charge in [0.05, 0.1) is 17.7 Å². The largest absolute Gasteiger partial charge is 0.369 e. The fourth-order valence-corrected chi connectivity index (χ4v) is 3.37. The number of nitrogens with one attached hydrogen (secondary N) is 1. The minimum absolute atomic E-state index is 0.0507. The summed E-state index contributed by atoms with van der Waals surface area (Å²) in [4.78, 5) is 6.69. The lowest BCUT2D eigenvalue weighted by molar-refractivity contribution is 0.601. The molecule has 1 saturated heterocycles. The Hall–Kier alpha value is -1.04. The zero-order valence-electron chi connectivity index (χ0n) is 7.03. The molecule has 0 bridgehead atoms. The molecular weight excluding hydrogens is 190 g/mol.